The molecule has 0 aliphatic carbocycles. The number of hydrogen-bond donors (Lipinski definition) is 3. The van der Waals surface area contributed by atoms with Crippen molar-refractivity contribution in [3.8, 4) is 0 Å². The summed E-state index contributed by atoms with van der Waals surface area (Å²) in [4.78, 5) is 29.8. The molecule has 0 aromatic heterocycles. The van der Waals surface area contributed by atoms with Gasteiger partial charge in [-0.1, -0.05) is 30.3 Å². The summed E-state index contributed by atoms with van der Waals surface area (Å²) in [5.74, 6) is 0.583. The lowest BCUT2D eigenvalue weighted by atomic mass is 10.2. The standard InChI is InChI=1S/C21H25N5O2.HI/c1-22-21(24-15-19(27)25-17-6-3-2-4-7-17)23-14-16-9-11-18(12-10-16)26-13-5-8-20(26)28;/h2-4,6-7,9-12H,5,8,13-15H2,1H3,(H,25,27)(H2,22,23,24);1H. The van der Waals surface area contributed by atoms with E-state index in [1.807, 2.05) is 59.5 Å². The van der Waals surface area contributed by atoms with Crippen LogP contribution in [0.5, 0.6) is 0 Å². The number of para-hydroxylation sites is 1. The number of anilines is 2. The van der Waals surface area contributed by atoms with E-state index in [1.54, 1.807) is 7.05 Å². The number of nitrogens with one attached hydrogen (secondary N) is 3. The van der Waals surface area contributed by atoms with E-state index in [9.17, 15) is 9.59 Å². The number of halogens is 1. The summed E-state index contributed by atoms with van der Waals surface area (Å²) in [6, 6.07) is 17.2. The summed E-state index contributed by atoms with van der Waals surface area (Å²) in [5, 5.41) is 8.99. The highest BCUT2D eigenvalue weighted by molar-refractivity contribution is 14.0. The number of carbonyl (C=O) groups excluding carboxylic acids is 2. The average Bonchev–Trinajstić information content (AvgIpc) is 3.15. The third-order valence-electron chi connectivity index (χ3n) is 4.48. The van der Waals surface area contributed by atoms with Crippen molar-refractivity contribution in [2.24, 2.45) is 4.99 Å². The van der Waals surface area contributed by atoms with E-state index in [0.29, 0.717) is 18.9 Å². The molecule has 0 bridgehead atoms. The molecule has 1 aliphatic rings. The number of aliphatic imine (C=N–C) groups is 1. The predicted molar refractivity (Wildman–Crippen MR) is 127 cm³/mol. The van der Waals surface area contributed by atoms with Crippen molar-refractivity contribution in [3.63, 3.8) is 0 Å². The second-order valence-electron chi connectivity index (χ2n) is 6.51. The first kappa shape index (κ1) is 22.7. The van der Waals surface area contributed by atoms with Crippen LogP contribution < -0.4 is 20.9 Å². The zero-order valence-electron chi connectivity index (χ0n) is 16.4. The Labute approximate surface area is 188 Å². The summed E-state index contributed by atoms with van der Waals surface area (Å²) < 4.78 is 0. The van der Waals surface area contributed by atoms with E-state index < -0.39 is 0 Å². The highest BCUT2D eigenvalue weighted by atomic mass is 127. The zero-order valence-corrected chi connectivity index (χ0v) is 18.7. The van der Waals surface area contributed by atoms with Gasteiger partial charge in [0.2, 0.25) is 11.8 Å². The maximum absolute atomic E-state index is 12.0. The molecule has 2 aromatic rings. The van der Waals surface area contributed by atoms with Gasteiger partial charge in [-0.15, -0.1) is 24.0 Å². The number of benzene rings is 2. The number of amides is 2. The van der Waals surface area contributed by atoms with E-state index in [1.165, 1.54) is 0 Å². The Balaban J connectivity index is 0.00000300. The maximum Gasteiger partial charge on any atom is 0.243 e. The van der Waals surface area contributed by atoms with Gasteiger partial charge in [0.05, 0.1) is 6.54 Å². The molecule has 3 N–H and O–H groups in total. The van der Waals surface area contributed by atoms with Crippen LogP contribution in [0.2, 0.25) is 0 Å². The molecule has 1 heterocycles. The third-order valence-corrected chi connectivity index (χ3v) is 4.48. The highest BCUT2D eigenvalue weighted by Gasteiger charge is 2.21. The topological polar surface area (TPSA) is 85.8 Å². The first-order chi connectivity index (χ1) is 13.7. The summed E-state index contributed by atoms with van der Waals surface area (Å²) in [6.07, 6.45) is 1.55. The Morgan fingerprint density at radius 3 is 2.41 bits per heavy atom. The molecule has 154 valence electrons. The van der Waals surface area contributed by atoms with Gasteiger partial charge in [0.1, 0.15) is 0 Å². The van der Waals surface area contributed by atoms with Gasteiger partial charge in [-0.25, -0.2) is 0 Å². The lowest BCUT2D eigenvalue weighted by molar-refractivity contribution is -0.117. The highest BCUT2D eigenvalue weighted by Crippen LogP contribution is 2.21. The molecule has 0 radical (unpaired) electrons. The summed E-state index contributed by atoms with van der Waals surface area (Å²) in [5.41, 5.74) is 2.76. The third kappa shape index (κ3) is 6.74. The van der Waals surface area contributed by atoms with Crippen LogP contribution in [0.3, 0.4) is 0 Å². The molecule has 1 saturated heterocycles. The minimum absolute atomic E-state index is 0. The van der Waals surface area contributed by atoms with Crippen molar-refractivity contribution in [1.82, 2.24) is 10.6 Å². The van der Waals surface area contributed by atoms with E-state index in [-0.39, 0.29) is 42.3 Å². The summed E-state index contributed by atoms with van der Waals surface area (Å²) in [7, 11) is 1.66. The van der Waals surface area contributed by atoms with Crippen molar-refractivity contribution in [2.45, 2.75) is 19.4 Å². The first-order valence-corrected chi connectivity index (χ1v) is 9.34. The van der Waals surface area contributed by atoms with Crippen molar-refractivity contribution in [1.29, 1.82) is 0 Å². The number of hydrogen-bond acceptors (Lipinski definition) is 3. The van der Waals surface area contributed by atoms with Gasteiger partial charge in [-0.2, -0.15) is 0 Å². The zero-order chi connectivity index (χ0) is 19.8. The second-order valence-corrected chi connectivity index (χ2v) is 6.51. The molecule has 2 amide bonds. The van der Waals surface area contributed by atoms with Crippen LogP contribution >= 0.6 is 24.0 Å². The second kappa shape index (κ2) is 11.4. The van der Waals surface area contributed by atoms with Crippen molar-refractivity contribution >= 4 is 53.1 Å². The lowest BCUT2D eigenvalue weighted by Gasteiger charge is -2.16. The van der Waals surface area contributed by atoms with Crippen LogP contribution in [0.1, 0.15) is 18.4 Å². The molecule has 1 fully saturated rings. The fourth-order valence-electron chi connectivity index (χ4n) is 3.01. The molecule has 3 rings (SSSR count). The molecule has 0 unspecified atom stereocenters. The molecular weight excluding hydrogens is 481 g/mol. The van der Waals surface area contributed by atoms with Crippen molar-refractivity contribution in [2.75, 3.05) is 30.4 Å². The summed E-state index contributed by atoms with van der Waals surface area (Å²) >= 11 is 0. The molecule has 0 spiro atoms. The Morgan fingerprint density at radius 1 is 1.07 bits per heavy atom. The fourth-order valence-corrected chi connectivity index (χ4v) is 3.01. The van der Waals surface area contributed by atoms with Crippen LogP contribution in [0, 0.1) is 0 Å². The SMILES string of the molecule is CN=C(NCC(=O)Nc1ccccc1)NCc1ccc(N2CCCC2=O)cc1.I. The van der Waals surface area contributed by atoms with E-state index in [0.717, 1.165) is 29.9 Å². The quantitative estimate of drug-likeness (QED) is 0.319. The number of rotatable bonds is 6. The molecule has 29 heavy (non-hydrogen) atoms. The van der Waals surface area contributed by atoms with Crippen molar-refractivity contribution < 1.29 is 9.59 Å². The Hall–Kier alpha value is -2.62. The van der Waals surface area contributed by atoms with Gasteiger partial charge >= 0.3 is 0 Å². The maximum atomic E-state index is 12.0. The van der Waals surface area contributed by atoms with Crippen molar-refractivity contribution in [3.05, 3.63) is 60.2 Å². The van der Waals surface area contributed by atoms with Gasteiger partial charge in [-0.05, 0) is 36.2 Å². The van der Waals surface area contributed by atoms with Crippen LogP contribution in [0.15, 0.2) is 59.6 Å². The molecule has 1 aliphatic heterocycles. The number of guanidine groups is 1. The van der Waals surface area contributed by atoms with Gasteiger partial charge in [0, 0.05) is 37.9 Å². The molecular formula is C21H26IN5O2. The monoisotopic (exact) mass is 507 g/mol. The van der Waals surface area contributed by atoms with Crippen LogP contribution in [-0.2, 0) is 16.1 Å². The Bertz CT molecular complexity index is 840. The average molecular weight is 507 g/mol. The summed E-state index contributed by atoms with van der Waals surface area (Å²) in [6.45, 7) is 1.47. The Kier molecular flexibility index (Phi) is 8.91. The smallest absolute Gasteiger partial charge is 0.243 e. The van der Waals surface area contributed by atoms with Gasteiger partial charge < -0.3 is 20.9 Å². The number of nitrogens with zero attached hydrogens (tertiary/aromatic N) is 2. The van der Waals surface area contributed by atoms with E-state index in [2.05, 4.69) is 20.9 Å². The van der Waals surface area contributed by atoms with Crippen LogP contribution in [-0.4, -0.2) is 37.9 Å². The minimum atomic E-state index is -0.145. The fraction of sp³-hybridized carbons (Fsp3) is 0.286. The molecule has 0 saturated carbocycles. The minimum Gasteiger partial charge on any atom is -0.352 e. The molecule has 7 nitrogen and oxygen atoms in total. The molecule has 0 atom stereocenters. The normalized spacial score (nSPS) is 13.6. The molecule has 2 aromatic carbocycles. The molecule has 8 heteroatoms. The van der Waals surface area contributed by atoms with Crippen LogP contribution in [0.4, 0.5) is 11.4 Å². The van der Waals surface area contributed by atoms with Gasteiger partial charge in [-0.3, -0.25) is 14.6 Å². The van der Waals surface area contributed by atoms with Gasteiger partial charge in [0.25, 0.3) is 0 Å². The Morgan fingerprint density at radius 2 is 1.79 bits per heavy atom. The van der Waals surface area contributed by atoms with E-state index >= 15 is 0 Å². The largest absolute Gasteiger partial charge is 0.352 e. The van der Waals surface area contributed by atoms with Gasteiger partial charge in [0.15, 0.2) is 5.96 Å². The first-order valence-electron chi connectivity index (χ1n) is 9.34. The predicted octanol–water partition coefficient (Wildman–Crippen LogP) is 2.74. The lowest BCUT2D eigenvalue weighted by Crippen LogP contribution is -2.41. The van der Waals surface area contributed by atoms with Crippen LogP contribution in [0.25, 0.3) is 0 Å². The van der Waals surface area contributed by atoms with E-state index in [4.69, 9.17) is 0 Å². The number of carbonyl (C=O) groups is 2.